The SMILES string of the molecule is Fc1ccccc1CN(C(=S)NC1CCCCCC1)C1CCCC1. The molecule has 3 rings (SSSR count). The molecule has 0 saturated heterocycles. The van der Waals surface area contributed by atoms with E-state index < -0.39 is 0 Å². The maximum Gasteiger partial charge on any atom is 0.169 e. The summed E-state index contributed by atoms with van der Waals surface area (Å²) in [6.45, 7) is 0.579. The zero-order chi connectivity index (χ0) is 16.8. The second kappa shape index (κ2) is 8.80. The van der Waals surface area contributed by atoms with E-state index in [-0.39, 0.29) is 5.82 Å². The maximum absolute atomic E-state index is 14.1. The molecule has 24 heavy (non-hydrogen) atoms. The highest BCUT2D eigenvalue weighted by Crippen LogP contribution is 2.26. The summed E-state index contributed by atoms with van der Waals surface area (Å²) in [5.74, 6) is -0.127. The molecule has 1 aromatic carbocycles. The van der Waals surface area contributed by atoms with Crippen LogP contribution in [0.4, 0.5) is 4.39 Å². The summed E-state index contributed by atoms with van der Waals surface area (Å²) in [5, 5.41) is 4.44. The van der Waals surface area contributed by atoms with Crippen molar-refractivity contribution in [1.29, 1.82) is 0 Å². The lowest BCUT2D eigenvalue weighted by Crippen LogP contribution is -2.48. The first kappa shape index (κ1) is 17.7. The Bertz CT molecular complexity index is 534. The number of halogens is 1. The first-order valence-corrected chi connectivity index (χ1v) is 9.95. The highest BCUT2D eigenvalue weighted by atomic mass is 32.1. The van der Waals surface area contributed by atoms with Gasteiger partial charge in [0, 0.05) is 24.2 Å². The molecule has 0 bridgehead atoms. The van der Waals surface area contributed by atoms with Crippen molar-refractivity contribution in [3.05, 3.63) is 35.6 Å². The van der Waals surface area contributed by atoms with E-state index in [1.54, 1.807) is 12.1 Å². The quantitative estimate of drug-likeness (QED) is 0.597. The van der Waals surface area contributed by atoms with Crippen LogP contribution in [-0.2, 0) is 6.54 Å². The second-order valence-electron chi connectivity index (χ2n) is 7.30. The molecule has 0 unspecified atom stereocenters. The van der Waals surface area contributed by atoms with Crippen LogP contribution in [-0.4, -0.2) is 22.1 Å². The largest absolute Gasteiger partial charge is 0.360 e. The van der Waals surface area contributed by atoms with Crippen LogP contribution < -0.4 is 5.32 Å². The number of benzene rings is 1. The van der Waals surface area contributed by atoms with Gasteiger partial charge in [0.05, 0.1) is 0 Å². The van der Waals surface area contributed by atoms with Crippen molar-refractivity contribution in [2.75, 3.05) is 0 Å². The van der Waals surface area contributed by atoms with Crippen molar-refractivity contribution >= 4 is 17.3 Å². The molecule has 0 amide bonds. The number of rotatable bonds is 4. The molecular weight excluding hydrogens is 319 g/mol. The van der Waals surface area contributed by atoms with Crippen LogP contribution in [0.5, 0.6) is 0 Å². The van der Waals surface area contributed by atoms with E-state index in [9.17, 15) is 4.39 Å². The van der Waals surface area contributed by atoms with Crippen LogP contribution in [0.1, 0.15) is 69.8 Å². The molecule has 2 saturated carbocycles. The van der Waals surface area contributed by atoms with Crippen molar-refractivity contribution in [3.8, 4) is 0 Å². The van der Waals surface area contributed by atoms with E-state index in [0.29, 0.717) is 18.6 Å². The Kier molecular flexibility index (Phi) is 6.47. The van der Waals surface area contributed by atoms with Gasteiger partial charge in [0.15, 0.2) is 5.11 Å². The third kappa shape index (κ3) is 4.69. The number of hydrogen-bond acceptors (Lipinski definition) is 1. The summed E-state index contributed by atoms with van der Waals surface area (Å²) >= 11 is 5.77. The Morgan fingerprint density at radius 3 is 2.29 bits per heavy atom. The van der Waals surface area contributed by atoms with Crippen molar-refractivity contribution in [2.24, 2.45) is 0 Å². The van der Waals surface area contributed by atoms with Gasteiger partial charge in [-0.15, -0.1) is 0 Å². The number of hydrogen-bond donors (Lipinski definition) is 1. The minimum Gasteiger partial charge on any atom is -0.360 e. The molecule has 1 N–H and O–H groups in total. The molecule has 2 fully saturated rings. The summed E-state index contributed by atoms with van der Waals surface area (Å²) in [5.41, 5.74) is 0.745. The lowest BCUT2D eigenvalue weighted by Gasteiger charge is -2.34. The predicted octanol–water partition coefficient (Wildman–Crippen LogP) is 5.17. The van der Waals surface area contributed by atoms with Crippen LogP contribution in [0.25, 0.3) is 0 Å². The number of nitrogens with zero attached hydrogens (tertiary/aromatic N) is 1. The average molecular weight is 349 g/mol. The lowest BCUT2D eigenvalue weighted by atomic mass is 10.1. The fourth-order valence-corrected chi connectivity index (χ4v) is 4.45. The third-order valence-electron chi connectivity index (χ3n) is 5.51. The first-order valence-electron chi connectivity index (χ1n) is 9.54. The van der Waals surface area contributed by atoms with Crippen LogP contribution in [0, 0.1) is 5.82 Å². The molecule has 2 aliphatic rings. The zero-order valence-corrected chi connectivity index (χ0v) is 15.3. The van der Waals surface area contributed by atoms with Crippen LogP contribution >= 0.6 is 12.2 Å². The fourth-order valence-electron chi connectivity index (χ4n) is 4.07. The van der Waals surface area contributed by atoms with E-state index in [0.717, 1.165) is 10.7 Å². The third-order valence-corrected chi connectivity index (χ3v) is 5.86. The van der Waals surface area contributed by atoms with Gasteiger partial charge in [-0.1, -0.05) is 56.7 Å². The standard InChI is InChI=1S/C20H29FN2S/c21-19-14-8-5-9-16(19)15-23(18-12-6-7-13-18)20(24)22-17-10-3-1-2-4-11-17/h5,8-9,14,17-18H,1-4,6-7,10-13,15H2,(H,22,24). The molecule has 2 nitrogen and oxygen atoms in total. The molecule has 0 radical (unpaired) electrons. The van der Waals surface area contributed by atoms with Crippen molar-refractivity contribution in [2.45, 2.75) is 82.8 Å². The molecule has 0 spiro atoms. The van der Waals surface area contributed by atoms with Gasteiger partial charge >= 0.3 is 0 Å². The molecule has 132 valence electrons. The van der Waals surface area contributed by atoms with Gasteiger partial charge in [-0.05, 0) is 44.0 Å². The monoisotopic (exact) mass is 348 g/mol. The Labute approximate surface area is 150 Å². The van der Waals surface area contributed by atoms with Gasteiger partial charge in [0.1, 0.15) is 5.82 Å². The molecule has 0 atom stereocenters. The Morgan fingerprint density at radius 2 is 1.62 bits per heavy atom. The van der Waals surface area contributed by atoms with Crippen molar-refractivity contribution in [3.63, 3.8) is 0 Å². The zero-order valence-electron chi connectivity index (χ0n) is 14.5. The highest BCUT2D eigenvalue weighted by Gasteiger charge is 2.26. The Balaban J connectivity index is 1.69. The first-order chi connectivity index (χ1) is 11.7. The lowest BCUT2D eigenvalue weighted by molar-refractivity contribution is 0.294. The van der Waals surface area contributed by atoms with E-state index >= 15 is 0 Å². The van der Waals surface area contributed by atoms with Crippen molar-refractivity contribution in [1.82, 2.24) is 10.2 Å². The highest BCUT2D eigenvalue weighted by molar-refractivity contribution is 7.80. The number of nitrogens with one attached hydrogen (secondary N) is 1. The topological polar surface area (TPSA) is 15.3 Å². The van der Waals surface area contributed by atoms with Gasteiger partial charge < -0.3 is 10.2 Å². The van der Waals surface area contributed by atoms with Crippen molar-refractivity contribution < 1.29 is 4.39 Å². The molecule has 1 aromatic rings. The molecule has 0 aromatic heterocycles. The summed E-state index contributed by atoms with van der Waals surface area (Å²) in [6, 6.07) is 8.03. The van der Waals surface area contributed by atoms with E-state index in [1.165, 1.54) is 64.2 Å². The molecule has 2 aliphatic carbocycles. The van der Waals surface area contributed by atoms with Gasteiger partial charge in [-0.2, -0.15) is 0 Å². The second-order valence-corrected chi connectivity index (χ2v) is 7.68. The molecular formula is C20H29FN2S. The average Bonchev–Trinajstić information content (AvgIpc) is 2.99. The van der Waals surface area contributed by atoms with Gasteiger partial charge in [-0.3, -0.25) is 0 Å². The smallest absolute Gasteiger partial charge is 0.169 e. The van der Waals surface area contributed by atoms with E-state index in [2.05, 4.69) is 10.2 Å². The van der Waals surface area contributed by atoms with Gasteiger partial charge in [-0.25, -0.2) is 4.39 Å². The summed E-state index contributed by atoms with van der Waals surface area (Å²) in [4.78, 5) is 2.26. The van der Waals surface area contributed by atoms with Gasteiger partial charge in [0.2, 0.25) is 0 Å². The van der Waals surface area contributed by atoms with E-state index in [4.69, 9.17) is 12.2 Å². The Hall–Kier alpha value is -1.16. The normalized spacial score (nSPS) is 19.9. The minimum absolute atomic E-state index is 0.127. The molecule has 0 heterocycles. The molecule has 4 heteroatoms. The minimum atomic E-state index is -0.127. The fraction of sp³-hybridized carbons (Fsp3) is 0.650. The van der Waals surface area contributed by atoms with E-state index in [1.807, 2.05) is 12.1 Å². The summed E-state index contributed by atoms with van der Waals surface area (Å²) in [6.07, 6.45) is 12.5. The summed E-state index contributed by atoms with van der Waals surface area (Å²) < 4.78 is 14.1. The Morgan fingerprint density at radius 1 is 1.00 bits per heavy atom. The number of thiocarbonyl (C=S) groups is 1. The van der Waals surface area contributed by atoms with Gasteiger partial charge in [0.25, 0.3) is 0 Å². The van der Waals surface area contributed by atoms with Crippen LogP contribution in [0.2, 0.25) is 0 Å². The molecule has 0 aliphatic heterocycles. The summed E-state index contributed by atoms with van der Waals surface area (Å²) in [7, 11) is 0. The van der Waals surface area contributed by atoms with Crippen LogP contribution in [0.3, 0.4) is 0 Å². The maximum atomic E-state index is 14.1. The predicted molar refractivity (Wildman–Crippen MR) is 101 cm³/mol. The van der Waals surface area contributed by atoms with Crippen LogP contribution in [0.15, 0.2) is 24.3 Å².